The van der Waals surface area contributed by atoms with Crippen LogP contribution in [0.4, 0.5) is 0 Å². The molecular weight excluding hydrogens is 176 g/mol. The standard InChI is InChI=1S/C12H16O2/c1-2-3-9-4-6-10(7-5-9)12(13)11-8-14-11/h4-7,11-13H,2-3,8H2,1H3. The van der Waals surface area contributed by atoms with Crippen LogP contribution in [0.2, 0.25) is 0 Å². The molecule has 0 bridgehead atoms. The summed E-state index contributed by atoms with van der Waals surface area (Å²) in [6, 6.07) is 8.17. The first-order valence-electron chi connectivity index (χ1n) is 5.19. The summed E-state index contributed by atoms with van der Waals surface area (Å²) in [7, 11) is 0. The number of rotatable bonds is 4. The van der Waals surface area contributed by atoms with Gasteiger partial charge in [0.2, 0.25) is 0 Å². The monoisotopic (exact) mass is 192 g/mol. The van der Waals surface area contributed by atoms with E-state index in [-0.39, 0.29) is 6.10 Å². The van der Waals surface area contributed by atoms with E-state index in [1.807, 2.05) is 12.1 Å². The van der Waals surface area contributed by atoms with Crippen LogP contribution in [-0.4, -0.2) is 17.8 Å². The maximum Gasteiger partial charge on any atom is 0.111 e. The minimum absolute atomic E-state index is 0.0343. The summed E-state index contributed by atoms with van der Waals surface area (Å²) in [5.74, 6) is 0. The van der Waals surface area contributed by atoms with E-state index in [9.17, 15) is 5.11 Å². The molecular formula is C12H16O2. The van der Waals surface area contributed by atoms with Gasteiger partial charge in [-0.25, -0.2) is 0 Å². The smallest absolute Gasteiger partial charge is 0.111 e. The first kappa shape index (κ1) is 9.69. The summed E-state index contributed by atoms with van der Waals surface area (Å²) < 4.78 is 5.05. The van der Waals surface area contributed by atoms with Gasteiger partial charge in [-0.05, 0) is 17.5 Å². The van der Waals surface area contributed by atoms with Gasteiger partial charge < -0.3 is 9.84 Å². The van der Waals surface area contributed by atoms with Crippen molar-refractivity contribution >= 4 is 0 Å². The van der Waals surface area contributed by atoms with E-state index in [4.69, 9.17) is 4.74 Å². The van der Waals surface area contributed by atoms with Gasteiger partial charge in [-0.2, -0.15) is 0 Å². The van der Waals surface area contributed by atoms with Crippen molar-refractivity contribution in [3.05, 3.63) is 35.4 Å². The van der Waals surface area contributed by atoms with Crippen molar-refractivity contribution in [3.63, 3.8) is 0 Å². The second-order valence-corrected chi connectivity index (χ2v) is 3.81. The van der Waals surface area contributed by atoms with Crippen LogP contribution in [0.3, 0.4) is 0 Å². The highest BCUT2D eigenvalue weighted by atomic mass is 16.6. The van der Waals surface area contributed by atoms with Gasteiger partial charge in [0.25, 0.3) is 0 Å². The molecule has 2 heteroatoms. The predicted octanol–water partition coefficient (Wildman–Crippen LogP) is 2.07. The SMILES string of the molecule is CCCc1ccc(C(O)C2CO2)cc1. The molecule has 1 saturated heterocycles. The van der Waals surface area contributed by atoms with Crippen LogP contribution >= 0.6 is 0 Å². The van der Waals surface area contributed by atoms with Crippen LogP contribution in [0.1, 0.15) is 30.6 Å². The van der Waals surface area contributed by atoms with Crippen molar-refractivity contribution < 1.29 is 9.84 Å². The average Bonchev–Trinajstić information content (AvgIpc) is 3.02. The molecule has 0 aliphatic carbocycles. The molecule has 76 valence electrons. The third kappa shape index (κ3) is 2.14. The molecule has 2 rings (SSSR count). The Morgan fingerprint density at radius 1 is 1.43 bits per heavy atom. The molecule has 1 aromatic carbocycles. The molecule has 1 N–H and O–H groups in total. The van der Waals surface area contributed by atoms with Crippen molar-refractivity contribution in [2.24, 2.45) is 0 Å². The highest BCUT2D eigenvalue weighted by Gasteiger charge is 2.32. The molecule has 0 aromatic heterocycles. The van der Waals surface area contributed by atoms with Crippen LogP contribution in [-0.2, 0) is 11.2 Å². The molecule has 2 nitrogen and oxygen atoms in total. The van der Waals surface area contributed by atoms with Crippen molar-refractivity contribution in [1.82, 2.24) is 0 Å². The first-order valence-corrected chi connectivity index (χ1v) is 5.19. The van der Waals surface area contributed by atoms with Crippen molar-refractivity contribution in [3.8, 4) is 0 Å². The highest BCUT2D eigenvalue weighted by molar-refractivity contribution is 5.25. The van der Waals surface area contributed by atoms with Gasteiger partial charge in [-0.15, -0.1) is 0 Å². The van der Waals surface area contributed by atoms with E-state index in [1.165, 1.54) is 5.56 Å². The summed E-state index contributed by atoms with van der Waals surface area (Å²) in [6.45, 7) is 2.86. The van der Waals surface area contributed by atoms with Gasteiger partial charge in [-0.1, -0.05) is 37.6 Å². The summed E-state index contributed by atoms with van der Waals surface area (Å²) in [5, 5.41) is 9.76. The Kier molecular flexibility index (Phi) is 2.85. The lowest BCUT2D eigenvalue weighted by Gasteiger charge is -2.08. The molecule has 0 saturated carbocycles. The Morgan fingerprint density at radius 3 is 2.57 bits per heavy atom. The van der Waals surface area contributed by atoms with E-state index in [2.05, 4.69) is 19.1 Å². The molecule has 1 aromatic rings. The highest BCUT2D eigenvalue weighted by Crippen LogP contribution is 2.27. The Balaban J connectivity index is 2.04. The molecule has 14 heavy (non-hydrogen) atoms. The van der Waals surface area contributed by atoms with Crippen LogP contribution in [0.5, 0.6) is 0 Å². The largest absolute Gasteiger partial charge is 0.386 e. The van der Waals surface area contributed by atoms with Crippen LogP contribution in [0, 0.1) is 0 Å². The molecule has 2 atom stereocenters. The second kappa shape index (κ2) is 4.11. The number of hydrogen-bond acceptors (Lipinski definition) is 2. The van der Waals surface area contributed by atoms with Gasteiger partial charge in [0.05, 0.1) is 6.61 Å². The van der Waals surface area contributed by atoms with Gasteiger partial charge in [0, 0.05) is 0 Å². The summed E-state index contributed by atoms with van der Waals surface area (Å²) in [5.41, 5.74) is 2.30. The normalized spacial score (nSPS) is 22.0. The number of aliphatic hydroxyl groups is 1. The average molecular weight is 192 g/mol. The summed E-state index contributed by atoms with van der Waals surface area (Å²) in [6.07, 6.45) is 1.86. The molecule has 1 fully saturated rings. The van der Waals surface area contributed by atoms with Gasteiger partial charge >= 0.3 is 0 Å². The third-order valence-corrected chi connectivity index (χ3v) is 2.57. The van der Waals surface area contributed by atoms with Crippen molar-refractivity contribution in [1.29, 1.82) is 0 Å². The number of hydrogen-bond donors (Lipinski definition) is 1. The maximum atomic E-state index is 9.76. The number of aryl methyl sites for hydroxylation is 1. The first-order chi connectivity index (χ1) is 6.81. The zero-order valence-corrected chi connectivity index (χ0v) is 8.44. The maximum absolute atomic E-state index is 9.76. The molecule has 1 aliphatic heterocycles. The lowest BCUT2D eigenvalue weighted by Crippen LogP contribution is -2.04. The van der Waals surface area contributed by atoms with E-state index in [0.29, 0.717) is 6.61 Å². The molecule has 2 unspecified atom stereocenters. The number of ether oxygens (including phenoxy) is 1. The minimum atomic E-state index is -0.439. The van der Waals surface area contributed by atoms with Crippen LogP contribution in [0.15, 0.2) is 24.3 Å². The molecule has 0 radical (unpaired) electrons. The number of aliphatic hydroxyl groups excluding tert-OH is 1. The minimum Gasteiger partial charge on any atom is -0.386 e. The Labute approximate surface area is 84.5 Å². The van der Waals surface area contributed by atoms with Crippen molar-refractivity contribution in [2.45, 2.75) is 32.0 Å². The summed E-state index contributed by atoms with van der Waals surface area (Å²) >= 11 is 0. The summed E-state index contributed by atoms with van der Waals surface area (Å²) in [4.78, 5) is 0. The van der Waals surface area contributed by atoms with E-state index in [0.717, 1.165) is 18.4 Å². The zero-order chi connectivity index (χ0) is 9.97. The predicted molar refractivity (Wildman–Crippen MR) is 55.1 cm³/mol. The van der Waals surface area contributed by atoms with Gasteiger partial charge in [0.1, 0.15) is 12.2 Å². The fourth-order valence-electron chi connectivity index (χ4n) is 1.62. The lowest BCUT2D eigenvalue weighted by molar-refractivity contribution is 0.137. The molecule has 1 heterocycles. The van der Waals surface area contributed by atoms with Gasteiger partial charge in [-0.3, -0.25) is 0 Å². The fourth-order valence-corrected chi connectivity index (χ4v) is 1.62. The molecule has 0 spiro atoms. The van der Waals surface area contributed by atoms with Crippen LogP contribution in [0.25, 0.3) is 0 Å². The Bertz CT molecular complexity index is 288. The molecule has 0 amide bonds. The van der Waals surface area contributed by atoms with Crippen molar-refractivity contribution in [2.75, 3.05) is 6.61 Å². The van der Waals surface area contributed by atoms with E-state index < -0.39 is 6.10 Å². The van der Waals surface area contributed by atoms with Crippen LogP contribution < -0.4 is 0 Å². The third-order valence-electron chi connectivity index (χ3n) is 2.57. The van der Waals surface area contributed by atoms with Gasteiger partial charge in [0.15, 0.2) is 0 Å². The number of epoxide rings is 1. The van der Waals surface area contributed by atoms with E-state index in [1.54, 1.807) is 0 Å². The quantitative estimate of drug-likeness (QED) is 0.741. The Hall–Kier alpha value is -0.860. The fraction of sp³-hybridized carbons (Fsp3) is 0.500. The molecule has 1 aliphatic rings. The Morgan fingerprint density at radius 2 is 2.07 bits per heavy atom. The number of benzene rings is 1. The van der Waals surface area contributed by atoms with E-state index >= 15 is 0 Å². The second-order valence-electron chi connectivity index (χ2n) is 3.81. The zero-order valence-electron chi connectivity index (χ0n) is 8.44. The lowest BCUT2D eigenvalue weighted by atomic mass is 10.0. The topological polar surface area (TPSA) is 32.8 Å².